The number of amides is 1. The molecule has 1 amide bonds. The van der Waals surface area contributed by atoms with Gasteiger partial charge < -0.3 is 16.4 Å². The first kappa shape index (κ1) is 15.5. The molecule has 21 heavy (non-hydrogen) atoms. The molecule has 108 valence electrons. The standard InChI is InChI=1S/C15H14BrN3OS/c1-9(20)18-10-5-7-11(8-6-10)19-13-4-2-3-12(16)14(13)15(17)21/h2-8,19H,1H3,(H2,17,21)(H,18,20). The number of anilines is 3. The van der Waals surface area contributed by atoms with Crippen molar-refractivity contribution in [1.29, 1.82) is 0 Å². The van der Waals surface area contributed by atoms with Crippen molar-refractivity contribution < 1.29 is 4.79 Å². The third-order valence-corrected chi connectivity index (χ3v) is 3.61. The molecule has 0 saturated carbocycles. The van der Waals surface area contributed by atoms with E-state index in [0.29, 0.717) is 4.99 Å². The van der Waals surface area contributed by atoms with Gasteiger partial charge in [0.1, 0.15) is 4.99 Å². The van der Waals surface area contributed by atoms with Gasteiger partial charge in [0.2, 0.25) is 5.91 Å². The van der Waals surface area contributed by atoms with Crippen molar-refractivity contribution in [2.24, 2.45) is 5.73 Å². The number of benzene rings is 2. The van der Waals surface area contributed by atoms with Crippen LogP contribution in [0.3, 0.4) is 0 Å². The zero-order valence-electron chi connectivity index (χ0n) is 11.3. The summed E-state index contributed by atoms with van der Waals surface area (Å²) in [6, 6.07) is 13.1. The maximum atomic E-state index is 11.0. The summed E-state index contributed by atoms with van der Waals surface area (Å²) in [4.78, 5) is 11.3. The van der Waals surface area contributed by atoms with Crippen LogP contribution in [-0.2, 0) is 4.79 Å². The molecule has 0 bridgehead atoms. The third kappa shape index (κ3) is 4.03. The molecule has 0 atom stereocenters. The Balaban J connectivity index is 2.24. The van der Waals surface area contributed by atoms with Crippen LogP contribution in [0, 0.1) is 0 Å². The van der Waals surface area contributed by atoms with Crippen molar-refractivity contribution in [1.82, 2.24) is 0 Å². The average molecular weight is 364 g/mol. The molecule has 0 saturated heterocycles. The highest BCUT2D eigenvalue weighted by atomic mass is 79.9. The number of halogens is 1. The lowest BCUT2D eigenvalue weighted by Crippen LogP contribution is -2.12. The van der Waals surface area contributed by atoms with E-state index in [4.69, 9.17) is 18.0 Å². The molecule has 2 aromatic rings. The minimum atomic E-state index is -0.0986. The summed E-state index contributed by atoms with van der Waals surface area (Å²) in [5, 5.41) is 5.98. The molecule has 0 radical (unpaired) electrons. The van der Waals surface area contributed by atoms with Crippen molar-refractivity contribution in [2.45, 2.75) is 6.92 Å². The highest BCUT2D eigenvalue weighted by Gasteiger charge is 2.09. The van der Waals surface area contributed by atoms with E-state index in [2.05, 4.69) is 26.6 Å². The normalized spacial score (nSPS) is 10.0. The number of nitrogens with one attached hydrogen (secondary N) is 2. The number of hydrogen-bond acceptors (Lipinski definition) is 3. The molecule has 6 heteroatoms. The SMILES string of the molecule is CC(=O)Nc1ccc(Nc2cccc(Br)c2C(N)=S)cc1. The summed E-state index contributed by atoms with van der Waals surface area (Å²) >= 11 is 8.53. The van der Waals surface area contributed by atoms with Gasteiger partial charge in [-0.1, -0.05) is 18.3 Å². The second-order valence-corrected chi connectivity index (χ2v) is 5.70. The zero-order chi connectivity index (χ0) is 15.4. The van der Waals surface area contributed by atoms with E-state index < -0.39 is 0 Å². The van der Waals surface area contributed by atoms with Gasteiger partial charge in [0.15, 0.2) is 0 Å². The van der Waals surface area contributed by atoms with E-state index in [0.717, 1.165) is 27.1 Å². The van der Waals surface area contributed by atoms with E-state index in [9.17, 15) is 4.79 Å². The van der Waals surface area contributed by atoms with Crippen LogP contribution in [-0.4, -0.2) is 10.9 Å². The molecule has 0 unspecified atom stereocenters. The van der Waals surface area contributed by atoms with Gasteiger partial charge in [-0.2, -0.15) is 0 Å². The fourth-order valence-corrected chi connectivity index (χ4v) is 2.81. The van der Waals surface area contributed by atoms with Gasteiger partial charge in [0.25, 0.3) is 0 Å². The Hall–Kier alpha value is -1.92. The molecular weight excluding hydrogens is 350 g/mol. The molecule has 0 aliphatic rings. The summed E-state index contributed by atoms with van der Waals surface area (Å²) in [7, 11) is 0. The summed E-state index contributed by atoms with van der Waals surface area (Å²) in [5.74, 6) is -0.0986. The first-order valence-electron chi connectivity index (χ1n) is 6.20. The average Bonchev–Trinajstić information content (AvgIpc) is 2.40. The summed E-state index contributed by atoms with van der Waals surface area (Å²) in [6.45, 7) is 1.47. The van der Waals surface area contributed by atoms with E-state index in [-0.39, 0.29) is 5.91 Å². The summed E-state index contributed by atoms with van der Waals surface area (Å²) in [6.07, 6.45) is 0. The zero-order valence-corrected chi connectivity index (χ0v) is 13.7. The van der Waals surface area contributed by atoms with Gasteiger partial charge in [-0.3, -0.25) is 4.79 Å². The van der Waals surface area contributed by atoms with Crippen LogP contribution < -0.4 is 16.4 Å². The van der Waals surface area contributed by atoms with Crippen molar-refractivity contribution >= 4 is 56.1 Å². The van der Waals surface area contributed by atoms with Gasteiger partial charge in [0.05, 0.1) is 0 Å². The first-order chi connectivity index (χ1) is 9.97. The van der Waals surface area contributed by atoms with E-state index in [1.165, 1.54) is 6.92 Å². The number of thiocarbonyl (C=S) groups is 1. The van der Waals surface area contributed by atoms with Crippen LogP contribution in [0.25, 0.3) is 0 Å². The number of hydrogen-bond donors (Lipinski definition) is 3. The van der Waals surface area contributed by atoms with Crippen LogP contribution in [0.1, 0.15) is 12.5 Å². The third-order valence-electron chi connectivity index (χ3n) is 2.74. The molecule has 0 aliphatic heterocycles. The first-order valence-corrected chi connectivity index (χ1v) is 7.40. The van der Waals surface area contributed by atoms with Crippen molar-refractivity contribution in [2.75, 3.05) is 10.6 Å². The Labute approximate surface area is 136 Å². The molecule has 0 fully saturated rings. The lowest BCUT2D eigenvalue weighted by Gasteiger charge is -2.13. The molecule has 2 rings (SSSR count). The number of carbonyl (C=O) groups is 1. The van der Waals surface area contributed by atoms with Gasteiger partial charge in [-0.05, 0) is 52.3 Å². The maximum absolute atomic E-state index is 11.0. The van der Waals surface area contributed by atoms with Gasteiger partial charge >= 0.3 is 0 Å². The Bertz CT molecular complexity index is 686. The summed E-state index contributed by atoms with van der Waals surface area (Å²) in [5.41, 5.74) is 8.97. The van der Waals surface area contributed by atoms with Crippen molar-refractivity contribution in [3.05, 3.63) is 52.5 Å². The molecule has 0 heterocycles. The summed E-state index contributed by atoms with van der Waals surface area (Å²) < 4.78 is 0.842. The quantitative estimate of drug-likeness (QED) is 0.723. The molecule has 0 aliphatic carbocycles. The molecule has 2 aromatic carbocycles. The monoisotopic (exact) mass is 363 g/mol. The van der Waals surface area contributed by atoms with Gasteiger partial charge in [-0.25, -0.2) is 0 Å². The van der Waals surface area contributed by atoms with Crippen molar-refractivity contribution in [3.8, 4) is 0 Å². The predicted molar refractivity (Wildman–Crippen MR) is 94.1 cm³/mol. The second kappa shape index (κ2) is 6.69. The van der Waals surface area contributed by atoms with Crippen molar-refractivity contribution in [3.63, 3.8) is 0 Å². The van der Waals surface area contributed by atoms with Crippen LogP contribution in [0.4, 0.5) is 17.1 Å². The Morgan fingerprint density at radius 2 is 1.76 bits per heavy atom. The lowest BCUT2D eigenvalue weighted by molar-refractivity contribution is -0.114. The Kier molecular flexibility index (Phi) is 4.93. The minimum absolute atomic E-state index is 0.0986. The number of nitrogens with two attached hydrogens (primary N) is 1. The second-order valence-electron chi connectivity index (χ2n) is 4.41. The highest BCUT2D eigenvalue weighted by Crippen LogP contribution is 2.28. The predicted octanol–water partition coefficient (Wildman–Crippen LogP) is 3.79. The van der Waals surface area contributed by atoms with Crippen LogP contribution in [0.5, 0.6) is 0 Å². The smallest absolute Gasteiger partial charge is 0.221 e. The molecular formula is C15H14BrN3OS. The van der Waals surface area contributed by atoms with E-state index in [1.54, 1.807) is 0 Å². The number of rotatable bonds is 4. The fraction of sp³-hybridized carbons (Fsp3) is 0.0667. The van der Waals surface area contributed by atoms with Gasteiger partial charge in [-0.15, -0.1) is 0 Å². The van der Waals surface area contributed by atoms with Gasteiger partial charge in [0, 0.05) is 34.0 Å². The van der Waals surface area contributed by atoms with E-state index >= 15 is 0 Å². The fourth-order valence-electron chi connectivity index (χ4n) is 1.87. The number of carbonyl (C=O) groups excluding carboxylic acids is 1. The maximum Gasteiger partial charge on any atom is 0.221 e. The highest BCUT2D eigenvalue weighted by molar-refractivity contribution is 9.10. The van der Waals surface area contributed by atoms with Crippen LogP contribution in [0.15, 0.2) is 46.9 Å². The minimum Gasteiger partial charge on any atom is -0.389 e. The largest absolute Gasteiger partial charge is 0.389 e. The van der Waals surface area contributed by atoms with Crippen LogP contribution in [0.2, 0.25) is 0 Å². The Morgan fingerprint density at radius 1 is 1.14 bits per heavy atom. The molecule has 0 spiro atoms. The topological polar surface area (TPSA) is 67.2 Å². The molecule has 4 nitrogen and oxygen atoms in total. The lowest BCUT2D eigenvalue weighted by atomic mass is 10.1. The van der Waals surface area contributed by atoms with Crippen LogP contribution >= 0.6 is 28.1 Å². The van der Waals surface area contributed by atoms with E-state index in [1.807, 2.05) is 42.5 Å². The Morgan fingerprint density at radius 3 is 2.33 bits per heavy atom. The molecule has 0 aromatic heterocycles. The molecule has 4 N–H and O–H groups in total.